The van der Waals surface area contributed by atoms with E-state index < -0.39 is 10.0 Å². The number of aliphatic hydroxyl groups is 1. The van der Waals surface area contributed by atoms with Gasteiger partial charge >= 0.3 is 0 Å². The molecular formula is C16H24N2O3S. The summed E-state index contributed by atoms with van der Waals surface area (Å²) in [6, 6.07) is 8.18. The van der Waals surface area contributed by atoms with Crippen molar-refractivity contribution in [3.8, 4) is 0 Å². The third kappa shape index (κ3) is 3.76. The number of allylic oxidation sites excluding steroid dienone is 1. The Morgan fingerprint density at radius 3 is 2.41 bits per heavy atom. The Labute approximate surface area is 132 Å². The molecule has 1 aromatic rings. The molecule has 0 saturated carbocycles. The van der Waals surface area contributed by atoms with Gasteiger partial charge in [0.05, 0.1) is 12.9 Å². The highest BCUT2D eigenvalue weighted by atomic mass is 32.2. The van der Waals surface area contributed by atoms with Gasteiger partial charge in [0.25, 0.3) is 0 Å². The molecule has 2 N–H and O–H groups in total. The second-order valence-corrected chi connectivity index (χ2v) is 7.89. The number of hydrogen-bond donors (Lipinski definition) is 2. The van der Waals surface area contributed by atoms with Crippen LogP contribution in [0.25, 0.3) is 6.08 Å². The molecule has 22 heavy (non-hydrogen) atoms. The Hall–Kier alpha value is -1.21. The van der Waals surface area contributed by atoms with E-state index in [-0.39, 0.29) is 24.6 Å². The molecule has 0 amide bonds. The fraction of sp³-hybridized carbons (Fsp3) is 0.500. The molecule has 1 aliphatic rings. The molecule has 2 rings (SSSR count). The van der Waals surface area contributed by atoms with E-state index in [0.29, 0.717) is 6.54 Å². The van der Waals surface area contributed by atoms with Crippen molar-refractivity contribution in [3.05, 3.63) is 41.5 Å². The molecule has 1 heterocycles. The number of benzene rings is 1. The minimum Gasteiger partial charge on any atom is -0.395 e. The summed E-state index contributed by atoms with van der Waals surface area (Å²) >= 11 is 0. The van der Waals surface area contributed by atoms with Crippen LogP contribution in [0.4, 0.5) is 0 Å². The first-order chi connectivity index (χ1) is 10.4. The van der Waals surface area contributed by atoms with E-state index in [9.17, 15) is 13.5 Å². The maximum absolute atomic E-state index is 11.6. The quantitative estimate of drug-likeness (QED) is 0.820. The van der Waals surface area contributed by atoms with Crippen molar-refractivity contribution in [1.29, 1.82) is 0 Å². The van der Waals surface area contributed by atoms with Gasteiger partial charge in [0.1, 0.15) is 0 Å². The van der Waals surface area contributed by atoms with Crippen LogP contribution in [-0.2, 0) is 10.0 Å². The second kappa shape index (κ2) is 6.91. The zero-order valence-electron chi connectivity index (χ0n) is 13.2. The van der Waals surface area contributed by atoms with Crippen molar-refractivity contribution in [3.63, 3.8) is 0 Å². The second-order valence-electron chi connectivity index (χ2n) is 5.80. The molecule has 0 unspecified atom stereocenters. The standard InChI is InChI=1S/C16H24N2O3S/c1-4-5-12-6-8-13(9-7-12)16-14(17-15(16)11-19)10-18(2)22(3,20)21/h4-9,14-17,19H,10-11H2,1-3H3/b5-4+/t14-,15+,16+/m0/s1. The average molecular weight is 324 g/mol. The summed E-state index contributed by atoms with van der Waals surface area (Å²) in [5.41, 5.74) is 2.25. The number of likely N-dealkylation sites (N-methyl/N-ethyl adjacent to an activating group) is 1. The van der Waals surface area contributed by atoms with Crippen LogP contribution in [-0.4, -0.2) is 56.4 Å². The third-order valence-corrected chi connectivity index (χ3v) is 5.47. The van der Waals surface area contributed by atoms with Crippen molar-refractivity contribution in [2.75, 3.05) is 26.5 Å². The molecule has 1 saturated heterocycles. The Balaban J connectivity index is 2.14. The summed E-state index contributed by atoms with van der Waals surface area (Å²) in [6.07, 6.45) is 5.22. The molecule has 5 nitrogen and oxygen atoms in total. The molecule has 1 fully saturated rings. The van der Waals surface area contributed by atoms with Crippen molar-refractivity contribution >= 4 is 16.1 Å². The summed E-state index contributed by atoms with van der Waals surface area (Å²) in [5.74, 6) is 0.119. The SMILES string of the molecule is C/C=C/c1ccc([C@@H]2[C@H](CN(C)S(C)(=O)=O)N[C@@H]2CO)cc1. The van der Waals surface area contributed by atoms with Crippen molar-refractivity contribution < 1.29 is 13.5 Å². The van der Waals surface area contributed by atoms with Crippen LogP contribution in [0.2, 0.25) is 0 Å². The molecule has 1 aromatic carbocycles. The van der Waals surface area contributed by atoms with Gasteiger partial charge < -0.3 is 10.4 Å². The van der Waals surface area contributed by atoms with Gasteiger partial charge in [-0.3, -0.25) is 0 Å². The van der Waals surface area contributed by atoms with E-state index in [1.54, 1.807) is 7.05 Å². The molecule has 122 valence electrons. The van der Waals surface area contributed by atoms with Gasteiger partial charge in [-0.05, 0) is 18.1 Å². The zero-order chi connectivity index (χ0) is 16.3. The minimum atomic E-state index is -3.20. The van der Waals surface area contributed by atoms with Crippen LogP contribution in [0, 0.1) is 0 Å². The summed E-state index contributed by atoms with van der Waals surface area (Å²) in [5, 5.41) is 12.7. The molecule has 3 atom stereocenters. The van der Waals surface area contributed by atoms with E-state index in [1.807, 2.05) is 31.2 Å². The lowest BCUT2D eigenvalue weighted by molar-refractivity contribution is 0.118. The molecule has 1 aliphatic heterocycles. The maximum atomic E-state index is 11.6. The number of hydrogen-bond acceptors (Lipinski definition) is 4. The first kappa shape index (κ1) is 17.1. The first-order valence-corrected chi connectivity index (χ1v) is 9.22. The van der Waals surface area contributed by atoms with Gasteiger partial charge in [0.2, 0.25) is 10.0 Å². The Bertz CT molecular complexity index is 625. The Morgan fingerprint density at radius 1 is 1.27 bits per heavy atom. The van der Waals surface area contributed by atoms with Crippen LogP contribution >= 0.6 is 0 Å². The lowest BCUT2D eigenvalue weighted by Gasteiger charge is -2.47. The topological polar surface area (TPSA) is 69.6 Å². The first-order valence-electron chi connectivity index (χ1n) is 7.37. The van der Waals surface area contributed by atoms with Crippen LogP contribution < -0.4 is 5.32 Å². The summed E-state index contributed by atoms with van der Waals surface area (Å²) in [7, 11) is -1.62. The van der Waals surface area contributed by atoms with E-state index in [1.165, 1.54) is 10.6 Å². The normalized spacial score (nSPS) is 25.6. The van der Waals surface area contributed by atoms with Crippen LogP contribution in [0.15, 0.2) is 30.3 Å². The molecule has 0 aliphatic carbocycles. The Morgan fingerprint density at radius 2 is 1.91 bits per heavy atom. The largest absolute Gasteiger partial charge is 0.395 e. The van der Waals surface area contributed by atoms with Gasteiger partial charge in [-0.1, -0.05) is 36.4 Å². The summed E-state index contributed by atoms with van der Waals surface area (Å²) < 4.78 is 24.5. The van der Waals surface area contributed by atoms with Crippen LogP contribution in [0.5, 0.6) is 0 Å². The highest BCUT2D eigenvalue weighted by molar-refractivity contribution is 7.88. The molecule has 0 bridgehead atoms. The van der Waals surface area contributed by atoms with Crippen LogP contribution in [0.3, 0.4) is 0 Å². The summed E-state index contributed by atoms with van der Waals surface area (Å²) in [4.78, 5) is 0. The predicted molar refractivity (Wildman–Crippen MR) is 89.2 cm³/mol. The molecule has 0 spiro atoms. The average Bonchev–Trinajstić information content (AvgIpc) is 2.44. The van der Waals surface area contributed by atoms with Gasteiger partial charge in [0, 0.05) is 31.6 Å². The van der Waals surface area contributed by atoms with Gasteiger partial charge in [-0.2, -0.15) is 0 Å². The lowest BCUT2D eigenvalue weighted by Crippen LogP contribution is -2.64. The predicted octanol–water partition coefficient (Wildman–Crippen LogP) is 1.03. The number of nitrogens with one attached hydrogen (secondary N) is 1. The van der Waals surface area contributed by atoms with Crippen molar-refractivity contribution in [2.45, 2.75) is 24.9 Å². The van der Waals surface area contributed by atoms with Gasteiger partial charge in [-0.25, -0.2) is 12.7 Å². The van der Waals surface area contributed by atoms with E-state index >= 15 is 0 Å². The maximum Gasteiger partial charge on any atom is 0.211 e. The monoisotopic (exact) mass is 324 g/mol. The summed E-state index contributed by atoms with van der Waals surface area (Å²) in [6.45, 7) is 2.42. The zero-order valence-corrected chi connectivity index (χ0v) is 14.0. The molecule has 6 heteroatoms. The molecule has 0 radical (unpaired) electrons. The third-order valence-electron chi connectivity index (χ3n) is 4.19. The number of nitrogens with zero attached hydrogens (tertiary/aromatic N) is 1. The lowest BCUT2D eigenvalue weighted by atomic mass is 9.77. The highest BCUT2D eigenvalue weighted by Crippen LogP contribution is 2.33. The number of aliphatic hydroxyl groups excluding tert-OH is 1. The molecule has 0 aromatic heterocycles. The fourth-order valence-electron chi connectivity index (χ4n) is 2.88. The minimum absolute atomic E-state index is 0.0180. The van der Waals surface area contributed by atoms with Crippen LogP contribution in [0.1, 0.15) is 24.0 Å². The van der Waals surface area contributed by atoms with Crippen molar-refractivity contribution in [1.82, 2.24) is 9.62 Å². The van der Waals surface area contributed by atoms with E-state index in [4.69, 9.17) is 0 Å². The fourth-order valence-corrected chi connectivity index (χ4v) is 3.31. The highest BCUT2D eigenvalue weighted by Gasteiger charge is 2.41. The van der Waals surface area contributed by atoms with E-state index in [0.717, 1.165) is 11.1 Å². The van der Waals surface area contributed by atoms with Gasteiger partial charge in [0.15, 0.2) is 0 Å². The Kier molecular flexibility index (Phi) is 5.39. The number of rotatable bonds is 6. The number of sulfonamides is 1. The molecular weight excluding hydrogens is 300 g/mol. The van der Waals surface area contributed by atoms with Crippen molar-refractivity contribution in [2.24, 2.45) is 0 Å². The van der Waals surface area contributed by atoms with E-state index in [2.05, 4.69) is 17.4 Å². The smallest absolute Gasteiger partial charge is 0.211 e. The van der Waals surface area contributed by atoms with Gasteiger partial charge in [-0.15, -0.1) is 0 Å².